The SMILES string of the molecule is CCC(=CCCCNC(=O)OC(C)(C)C)C(=O)O. The molecule has 18 heavy (non-hydrogen) atoms. The van der Waals surface area contributed by atoms with E-state index < -0.39 is 17.7 Å². The molecule has 5 heteroatoms. The molecule has 1 amide bonds. The van der Waals surface area contributed by atoms with E-state index in [-0.39, 0.29) is 0 Å². The monoisotopic (exact) mass is 257 g/mol. The second-order valence-corrected chi connectivity index (χ2v) is 4.96. The van der Waals surface area contributed by atoms with Crippen molar-refractivity contribution >= 4 is 12.1 Å². The fourth-order valence-electron chi connectivity index (χ4n) is 1.27. The predicted molar refractivity (Wildman–Crippen MR) is 69.5 cm³/mol. The minimum absolute atomic E-state index is 0.410. The first-order chi connectivity index (χ1) is 8.26. The van der Waals surface area contributed by atoms with E-state index in [4.69, 9.17) is 9.84 Å². The van der Waals surface area contributed by atoms with E-state index in [0.29, 0.717) is 31.4 Å². The molecular weight excluding hydrogens is 234 g/mol. The minimum Gasteiger partial charge on any atom is -0.478 e. The Hall–Kier alpha value is -1.52. The second kappa shape index (κ2) is 7.74. The standard InChI is InChI=1S/C13H23NO4/c1-5-10(11(15)16)8-6-7-9-14-12(17)18-13(2,3)4/h8H,5-7,9H2,1-4H3,(H,14,17)(H,15,16). The molecule has 0 aromatic rings. The second-order valence-electron chi connectivity index (χ2n) is 4.96. The van der Waals surface area contributed by atoms with Crippen molar-refractivity contribution in [2.24, 2.45) is 0 Å². The lowest BCUT2D eigenvalue weighted by Crippen LogP contribution is -2.32. The molecule has 5 nitrogen and oxygen atoms in total. The summed E-state index contributed by atoms with van der Waals surface area (Å²) in [6, 6.07) is 0. The van der Waals surface area contributed by atoms with Crippen molar-refractivity contribution in [1.29, 1.82) is 0 Å². The number of alkyl carbamates (subject to hydrolysis) is 1. The van der Waals surface area contributed by atoms with E-state index in [1.165, 1.54) is 0 Å². The molecule has 0 spiro atoms. The third kappa shape index (κ3) is 8.61. The highest BCUT2D eigenvalue weighted by Gasteiger charge is 2.15. The number of hydrogen-bond donors (Lipinski definition) is 2. The van der Waals surface area contributed by atoms with E-state index in [9.17, 15) is 9.59 Å². The van der Waals surface area contributed by atoms with Crippen molar-refractivity contribution < 1.29 is 19.4 Å². The van der Waals surface area contributed by atoms with Gasteiger partial charge < -0.3 is 15.2 Å². The summed E-state index contributed by atoms with van der Waals surface area (Å²) >= 11 is 0. The summed E-state index contributed by atoms with van der Waals surface area (Å²) in [7, 11) is 0. The maximum Gasteiger partial charge on any atom is 0.407 e. The molecule has 0 aliphatic heterocycles. The van der Waals surface area contributed by atoms with Gasteiger partial charge in [-0.25, -0.2) is 9.59 Å². The summed E-state index contributed by atoms with van der Waals surface area (Å²) in [4.78, 5) is 22.0. The first-order valence-electron chi connectivity index (χ1n) is 6.15. The summed E-state index contributed by atoms with van der Waals surface area (Å²) in [5.41, 5.74) is -0.0878. The number of carboxylic acid groups (broad SMARTS) is 1. The number of amides is 1. The summed E-state index contributed by atoms with van der Waals surface area (Å²) < 4.78 is 5.07. The number of ether oxygens (including phenoxy) is 1. The van der Waals surface area contributed by atoms with Crippen LogP contribution in [-0.2, 0) is 9.53 Å². The fourth-order valence-corrected chi connectivity index (χ4v) is 1.27. The topological polar surface area (TPSA) is 75.6 Å². The van der Waals surface area contributed by atoms with Crippen molar-refractivity contribution in [2.75, 3.05) is 6.54 Å². The van der Waals surface area contributed by atoms with Crippen LogP contribution in [0.2, 0.25) is 0 Å². The maximum atomic E-state index is 11.3. The number of carbonyl (C=O) groups is 2. The number of carbonyl (C=O) groups excluding carboxylic acids is 1. The molecule has 0 aliphatic carbocycles. The van der Waals surface area contributed by atoms with Crippen molar-refractivity contribution in [1.82, 2.24) is 5.32 Å². The molecule has 0 aromatic carbocycles. The molecule has 104 valence electrons. The van der Waals surface area contributed by atoms with Gasteiger partial charge in [0.2, 0.25) is 0 Å². The summed E-state index contributed by atoms with van der Waals surface area (Å²) in [5.74, 6) is -0.877. The lowest BCUT2D eigenvalue weighted by molar-refractivity contribution is -0.132. The number of hydrogen-bond acceptors (Lipinski definition) is 3. The summed E-state index contributed by atoms with van der Waals surface area (Å²) in [5, 5.41) is 11.4. The van der Waals surface area contributed by atoms with Crippen LogP contribution in [-0.4, -0.2) is 29.3 Å². The lowest BCUT2D eigenvalue weighted by atomic mass is 10.1. The average molecular weight is 257 g/mol. The van der Waals surface area contributed by atoms with Gasteiger partial charge >= 0.3 is 12.1 Å². The number of allylic oxidation sites excluding steroid dienone is 1. The zero-order valence-corrected chi connectivity index (χ0v) is 11.6. The van der Waals surface area contributed by atoms with E-state index in [1.54, 1.807) is 33.8 Å². The molecule has 0 saturated carbocycles. The fraction of sp³-hybridized carbons (Fsp3) is 0.692. The normalized spacial score (nSPS) is 12.1. The summed E-state index contributed by atoms with van der Waals surface area (Å²) in [6.07, 6.45) is 3.08. The molecule has 0 aromatic heterocycles. The van der Waals surface area contributed by atoms with Gasteiger partial charge in [0.25, 0.3) is 0 Å². The number of rotatable bonds is 6. The maximum absolute atomic E-state index is 11.3. The van der Waals surface area contributed by atoms with Gasteiger partial charge in [-0.1, -0.05) is 13.0 Å². The minimum atomic E-state index is -0.877. The molecule has 0 radical (unpaired) electrons. The van der Waals surface area contributed by atoms with Crippen LogP contribution in [0.3, 0.4) is 0 Å². The van der Waals surface area contributed by atoms with Crippen LogP contribution in [0.4, 0.5) is 4.79 Å². The number of carboxylic acids is 1. The Morgan fingerprint density at radius 3 is 2.39 bits per heavy atom. The van der Waals surface area contributed by atoms with Gasteiger partial charge in [0.15, 0.2) is 0 Å². The van der Waals surface area contributed by atoms with Crippen LogP contribution in [0.1, 0.15) is 47.0 Å². The Balaban J connectivity index is 3.81. The van der Waals surface area contributed by atoms with Gasteiger partial charge in [0, 0.05) is 12.1 Å². The molecule has 0 rings (SSSR count). The van der Waals surface area contributed by atoms with E-state index in [0.717, 1.165) is 0 Å². The highest BCUT2D eigenvalue weighted by molar-refractivity contribution is 5.86. The van der Waals surface area contributed by atoms with E-state index in [2.05, 4.69) is 5.32 Å². The largest absolute Gasteiger partial charge is 0.478 e. The zero-order chi connectivity index (χ0) is 14.2. The molecule has 0 unspecified atom stereocenters. The van der Waals surface area contributed by atoms with Crippen LogP contribution < -0.4 is 5.32 Å². The van der Waals surface area contributed by atoms with Gasteiger partial charge in [0.1, 0.15) is 5.60 Å². The molecule has 0 aliphatic rings. The lowest BCUT2D eigenvalue weighted by Gasteiger charge is -2.19. The van der Waals surface area contributed by atoms with Gasteiger partial charge in [-0.15, -0.1) is 0 Å². The van der Waals surface area contributed by atoms with E-state index in [1.807, 2.05) is 0 Å². The first-order valence-corrected chi connectivity index (χ1v) is 6.15. The number of aliphatic carboxylic acids is 1. The van der Waals surface area contributed by atoms with Crippen molar-refractivity contribution in [2.45, 2.75) is 52.6 Å². The smallest absolute Gasteiger partial charge is 0.407 e. The number of unbranched alkanes of at least 4 members (excludes halogenated alkanes) is 1. The van der Waals surface area contributed by atoms with Gasteiger partial charge in [-0.3, -0.25) is 0 Å². The molecule has 0 heterocycles. The van der Waals surface area contributed by atoms with Crippen LogP contribution in [0.5, 0.6) is 0 Å². The van der Waals surface area contributed by atoms with Crippen molar-refractivity contribution in [3.63, 3.8) is 0 Å². The first kappa shape index (κ1) is 16.5. The third-order valence-corrected chi connectivity index (χ3v) is 2.10. The summed E-state index contributed by atoms with van der Waals surface area (Å²) in [6.45, 7) is 7.68. The van der Waals surface area contributed by atoms with Gasteiger partial charge in [-0.2, -0.15) is 0 Å². The van der Waals surface area contributed by atoms with Crippen LogP contribution in [0.15, 0.2) is 11.6 Å². The molecule has 0 fully saturated rings. The Morgan fingerprint density at radius 1 is 1.33 bits per heavy atom. The molecule has 2 N–H and O–H groups in total. The van der Waals surface area contributed by atoms with Crippen molar-refractivity contribution in [3.8, 4) is 0 Å². The quantitative estimate of drug-likeness (QED) is 0.566. The Bertz CT molecular complexity index is 315. The van der Waals surface area contributed by atoms with Gasteiger partial charge in [-0.05, 0) is 40.0 Å². The average Bonchev–Trinajstić information content (AvgIpc) is 2.20. The molecule has 0 bridgehead atoms. The highest BCUT2D eigenvalue weighted by atomic mass is 16.6. The van der Waals surface area contributed by atoms with Crippen LogP contribution in [0.25, 0.3) is 0 Å². The van der Waals surface area contributed by atoms with Crippen LogP contribution in [0, 0.1) is 0 Å². The molecule has 0 saturated heterocycles. The Morgan fingerprint density at radius 2 is 1.94 bits per heavy atom. The number of nitrogens with one attached hydrogen (secondary N) is 1. The van der Waals surface area contributed by atoms with E-state index >= 15 is 0 Å². The third-order valence-electron chi connectivity index (χ3n) is 2.10. The van der Waals surface area contributed by atoms with Gasteiger partial charge in [0.05, 0.1) is 0 Å². The van der Waals surface area contributed by atoms with Crippen LogP contribution >= 0.6 is 0 Å². The molecule has 0 atom stereocenters. The Kier molecular flexibility index (Phi) is 7.08. The zero-order valence-electron chi connectivity index (χ0n) is 11.6. The Labute approximate surface area is 108 Å². The highest BCUT2D eigenvalue weighted by Crippen LogP contribution is 2.07. The predicted octanol–water partition coefficient (Wildman–Crippen LogP) is 2.71. The van der Waals surface area contributed by atoms with Crippen molar-refractivity contribution in [3.05, 3.63) is 11.6 Å². The molecular formula is C13H23NO4.